The molecule has 1 amide bonds. The van der Waals surface area contributed by atoms with Gasteiger partial charge in [-0.25, -0.2) is 4.98 Å². The van der Waals surface area contributed by atoms with Gasteiger partial charge in [-0.3, -0.25) is 4.79 Å². The van der Waals surface area contributed by atoms with E-state index in [1.54, 1.807) is 11.8 Å². The molecule has 0 fully saturated rings. The first-order valence-corrected chi connectivity index (χ1v) is 13.0. The topological polar surface area (TPSA) is 76.2 Å². The summed E-state index contributed by atoms with van der Waals surface area (Å²) in [6.07, 6.45) is 2.89. The van der Waals surface area contributed by atoms with E-state index in [1.807, 2.05) is 35.2 Å². The number of carbonyl (C=O) groups excluding carboxylic acids is 1. The number of aromatic nitrogens is 2. The maximum Gasteiger partial charge on any atom is 0.253 e. The number of nitrogens with two attached hydrogens (primary N) is 1. The van der Waals surface area contributed by atoms with Crippen LogP contribution in [0.4, 0.5) is 11.6 Å². The summed E-state index contributed by atoms with van der Waals surface area (Å²) >= 11 is 1.71. The number of nitrogens with zero attached hydrogens (tertiary/aromatic N) is 3. The third-order valence-corrected chi connectivity index (χ3v) is 6.09. The van der Waals surface area contributed by atoms with Crippen molar-refractivity contribution in [1.82, 2.24) is 14.5 Å². The van der Waals surface area contributed by atoms with Crippen LogP contribution in [-0.4, -0.2) is 46.2 Å². The molecule has 0 saturated carbocycles. The molecular weight excluding hydrogens is 430 g/mol. The molecule has 0 aliphatic heterocycles. The number of rotatable bonds is 11. The summed E-state index contributed by atoms with van der Waals surface area (Å²) in [4.78, 5) is 21.4. The van der Waals surface area contributed by atoms with Gasteiger partial charge in [-0.15, -0.1) is 11.8 Å². The standard InChI is InChI=1S/C26H37N5OS/c1-18(2)16-30(17-19(3)4)25(32)20-10-11-23-24(14-20)31(13-7-12-27)26(29-23)28-21-8-6-9-22(15-21)33-5/h6,8-11,14-15,18-19H,7,12-13,16-17,27H2,1-5H3,(H,28,29). The highest BCUT2D eigenvalue weighted by Gasteiger charge is 2.20. The van der Waals surface area contributed by atoms with Crippen LogP contribution < -0.4 is 11.1 Å². The van der Waals surface area contributed by atoms with Crippen LogP contribution in [0.2, 0.25) is 0 Å². The number of anilines is 2. The quantitative estimate of drug-likeness (QED) is 0.359. The average molecular weight is 468 g/mol. The maximum atomic E-state index is 13.4. The van der Waals surface area contributed by atoms with Gasteiger partial charge in [0.1, 0.15) is 0 Å². The van der Waals surface area contributed by atoms with E-state index < -0.39 is 0 Å². The number of hydrogen-bond donors (Lipinski definition) is 2. The van der Waals surface area contributed by atoms with Gasteiger partial charge in [-0.2, -0.15) is 0 Å². The largest absolute Gasteiger partial charge is 0.338 e. The molecule has 3 N–H and O–H groups in total. The minimum atomic E-state index is 0.0769. The van der Waals surface area contributed by atoms with E-state index in [-0.39, 0.29) is 5.91 Å². The van der Waals surface area contributed by atoms with E-state index in [9.17, 15) is 4.79 Å². The van der Waals surface area contributed by atoms with Crippen molar-refractivity contribution in [2.75, 3.05) is 31.2 Å². The Kier molecular flexibility index (Phi) is 8.80. The molecule has 2 aromatic carbocycles. The van der Waals surface area contributed by atoms with Crippen molar-refractivity contribution in [3.63, 3.8) is 0 Å². The van der Waals surface area contributed by atoms with Gasteiger partial charge in [0.15, 0.2) is 0 Å². The molecule has 0 atom stereocenters. The first kappa shape index (κ1) is 25.1. The lowest BCUT2D eigenvalue weighted by Gasteiger charge is -2.26. The summed E-state index contributed by atoms with van der Waals surface area (Å²) in [6.45, 7) is 11.4. The van der Waals surface area contributed by atoms with E-state index in [1.165, 1.54) is 4.90 Å². The zero-order valence-electron chi connectivity index (χ0n) is 20.5. The minimum Gasteiger partial charge on any atom is -0.338 e. The fourth-order valence-corrected chi connectivity index (χ4v) is 4.42. The first-order chi connectivity index (χ1) is 15.8. The minimum absolute atomic E-state index is 0.0769. The van der Waals surface area contributed by atoms with E-state index in [0.717, 1.165) is 48.7 Å². The molecule has 1 heterocycles. The number of carbonyl (C=O) groups is 1. The molecule has 7 heteroatoms. The molecule has 0 aliphatic rings. The highest BCUT2D eigenvalue weighted by atomic mass is 32.2. The van der Waals surface area contributed by atoms with Crippen molar-refractivity contribution in [3.05, 3.63) is 48.0 Å². The lowest BCUT2D eigenvalue weighted by molar-refractivity contribution is 0.0715. The van der Waals surface area contributed by atoms with Crippen molar-refractivity contribution in [2.24, 2.45) is 17.6 Å². The number of hydrogen-bond acceptors (Lipinski definition) is 5. The van der Waals surface area contributed by atoms with Crippen LogP contribution >= 0.6 is 11.8 Å². The Morgan fingerprint density at radius 1 is 1.12 bits per heavy atom. The van der Waals surface area contributed by atoms with Gasteiger partial charge in [0.2, 0.25) is 5.95 Å². The fourth-order valence-electron chi connectivity index (χ4n) is 3.96. The molecule has 6 nitrogen and oxygen atoms in total. The normalized spacial score (nSPS) is 11.5. The smallest absolute Gasteiger partial charge is 0.253 e. The monoisotopic (exact) mass is 467 g/mol. The molecule has 0 unspecified atom stereocenters. The number of thioether (sulfide) groups is 1. The Morgan fingerprint density at radius 3 is 2.48 bits per heavy atom. The molecule has 1 aromatic heterocycles. The van der Waals surface area contributed by atoms with E-state index in [2.05, 4.69) is 56.0 Å². The molecule has 0 radical (unpaired) electrons. The van der Waals surface area contributed by atoms with E-state index >= 15 is 0 Å². The van der Waals surface area contributed by atoms with E-state index in [4.69, 9.17) is 10.7 Å². The number of amides is 1. The summed E-state index contributed by atoms with van der Waals surface area (Å²) < 4.78 is 2.14. The molecule has 3 aromatic rings. The highest BCUT2D eigenvalue weighted by Crippen LogP contribution is 2.27. The van der Waals surface area contributed by atoms with Crippen molar-refractivity contribution < 1.29 is 4.79 Å². The summed E-state index contributed by atoms with van der Waals surface area (Å²) in [5.74, 6) is 1.68. The van der Waals surface area contributed by atoms with Crippen LogP contribution in [0.15, 0.2) is 47.4 Å². The molecule has 0 aliphatic carbocycles. The number of benzene rings is 2. The molecular formula is C26H37N5OS. The zero-order valence-corrected chi connectivity index (χ0v) is 21.3. The van der Waals surface area contributed by atoms with Crippen molar-refractivity contribution in [2.45, 2.75) is 45.6 Å². The van der Waals surface area contributed by atoms with Gasteiger partial charge in [-0.1, -0.05) is 33.8 Å². The van der Waals surface area contributed by atoms with Crippen LogP contribution in [0.1, 0.15) is 44.5 Å². The molecule has 33 heavy (non-hydrogen) atoms. The molecule has 178 valence electrons. The van der Waals surface area contributed by atoms with Gasteiger partial charge in [-0.05, 0) is 67.5 Å². The Balaban J connectivity index is 1.99. The Hall–Kier alpha value is -2.51. The number of aryl methyl sites for hydroxylation is 1. The van der Waals surface area contributed by atoms with Crippen LogP contribution in [0.5, 0.6) is 0 Å². The van der Waals surface area contributed by atoms with Crippen molar-refractivity contribution in [3.8, 4) is 0 Å². The van der Waals surface area contributed by atoms with Gasteiger partial charge in [0, 0.05) is 35.8 Å². The lowest BCUT2D eigenvalue weighted by Crippen LogP contribution is -2.37. The Morgan fingerprint density at radius 2 is 1.85 bits per heavy atom. The number of nitrogens with one attached hydrogen (secondary N) is 1. The van der Waals surface area contributed by atoms with Crippen molar-refractivity contribution in [1.29, 1.82) is 0 Å². The summed E-state index contributed by atoms with van der Waals surface area (Å²) in [7, 11) is 0. The van der Waals surface area contributed by atoms with Crippen LogP contribution in [0.25, 0.3) is 11.0 Å². The number of imidazole rings is 1. The molecule has 0 spiro atoms. The van der Waals surface area contributed by atoms with Gasteiger partial charge < -0.3 is 20.5 Å². The van der Waals surface area contributed by atoms with Crippen LogP contribution in [0, 0.1) is 11.8 Å². The van der Waals surface area contributed by atoms with Gasteiger partial charge >= 0.3 is 0 Å². The summed E-state index contributed by atoms with van der Waals surface area (Å²) in [5, 5.41) is 3.47. The SMILES string of the molecule is CSc1cccc(Nc2nc3ccc(C(=O)N(CC(C)C)CC(C)C)cc3n2CCCN)c1. The molecule has 0 saturated heterocycles. The second-order valence-electron chi connectivity index (χ2n) is 9.29. The second-order valence-corrected chi connectivity index (χ2v) is 10.2. The van der Waals surface area contributed by atoms with Crippen molar-refractivity contribution >= 4 is 40.3 Å². The predicted octanol–water partition coefficient (Wildman–Crippen LogP) is 5.60. The Labute approximate surface area is 201 Å². The van der Waals surface area contributed by atoms with Gasteiger partial charge in [0.25, 0.3) is 5.91 Å². The lowest BCUT2D eigenvalue weighted by atomic mass is 10.1. The third kappa shape index (κ3) is 6.51. The second kappa shape index (κ2) is 11.6. The third-order valence-electron chi connectivity index (χ3n) is 5.37. The molecule has 3 rings (SSSR count). The summed E-state index contributed by atoms with van der Waals surface area (Å²) in [5.41, 5.74) is 9.33. The maximum absolute atomic E-state index is 13.4. The zero-order chi connectivity index (χ0) is 24.0. The molecule has 0 bridgehead atoms. The van der Waals surface area contributed by atoms with E-state index in [0.29, 0.717) is 23.9 Å². The summed E-state index contributed by atoms with van der Waals surface area (Å²) in [6, 6.07) is 14.1. The first-order valence-electron chi connectivity index (χ1n) is 11.7. The number of fused-ring (bicyclic) bond motifs is 1. The van der Waals surface area contributed by atoms with Crippen LogP contribution in [-0.2, 0) is 6.54 Å². The predicted molar refractivity (Wildman–Crippen MR) is 140 cm³/mol. The van der Waals surface area contributed by atoms with Crippen LogP contribution in [0.3, 0.4) is 0 Å². The Bertz CT molecular complexity index is 1070. The average Bonchev–Trinajstić information content (AvgIpc) is 3.12. The fraction of sp³-hybridized carbons (Fsp3) is 0.462. The van der Waals surface area contributed by atoms with Gasteiger partial charge in [0.05, 0.1) is 11.0 Å². The highest BCUT2D eigenvalue weighted by molar-refractivity contribution is 7.98.